The van der Waals surface area contributed by atoms with Gasteiger partial charge in [-0.15, -0.1) is 0 Å². The number of carbonyl (C=O) groups is 1. The van der Waals surface area contributed by atoms with Crippen LogP contribution in [0.2, 0.25) is 5.02 Å². The molecule has 0 radical (unpaired) electrons. The van der Waals surface area contributed by atoms with Gasteiger partial charge in [-0.1, -0.05) is 37.6 Å². The van der Waals surface area contributed by atoms with Gasteiger partial charge in [-0.3, -0.25) is 9.78 Å². The molecule has 158 valence electrons. The summed E-state index contributed by atoms with van der Waals surface area (Å²) in [5.74, 6) is 2.40. The van der Waals surface area contributed by atoms with Gasteiger partial charge in [-0.2, -0.15) is 0 Å². The Bertz CT molecular complexity index is 979. The van der Waals surface area contributed by atoms with Crippen LogP contribution in [0.15, 0.2) is 36.3 Å². The predicted molar refractivity (Wildman–Crippen MR) is 120 cm³/mol. The van der Waals surface area contributed by atoms with Gasteiger partial charge < -0.3 is 4.90 Å². The molecule has 1 aromatic rings. The number of aromatic nitrogens is 1. The summed E-state index contributed by atoms with van der Waals surface area (Å²) in [6.45, 7) is 4.94. The van der Waals surface area contributed by atoms with Gasteiger partial charge in [0.1, 0.15) is 0 Å². The maximum atomic E-state index is 12.8. The first-order valence-corrected chi connectivity index (χ1v) is 12.1. The van der Waals surface area contributed by atoms with Crippen molar-refractivity contribution < 1.29 is 4.79 Å². The molecule has 0 spiro atoms. The van der Waals surface area contributed by atoms with Gasteiger partial charge in [-0.05, 0) is 79.8 Å². The highest BCUT2D eigenvalue weighted by atomic mass is 35.5. The minimum atomic E-state index is 0.162. The second-order valence-electron chi connectivity index (χ2n) is 10.8. The Hall–Kier alpha value is -1.61. The lowest BCUT2D eigenvalue weighted by Gasteiger charge is -2.58. The van der Waals surface area contributed by atoms with Crippen molar-refractivity contribution in [3.63, 3.8) is 0 Å². The van der Waals surface area contributed by atoms with Crippen LogP contribution < -0.4 is 0 Å². The fraction of sp³-hybridized carbons (Fsp3) is 0.615. The van der Waals surface area contributed by atoms with E-state index in [1.54, 1.807) is 6.20 Å². The minimum Gasteiger partial charge on any atom is -0.313 e. The number of allylic oxidation sites excluding steroid dienone is 4. The van der Waals surface area contributed by atoms with Crippen LogP contribution in [0.1, 0.15) is 70.8 Å². The van der Waals surface area contributed by atoms with E-state index in [0.717, 1.165) is 36.3 Å². The second kappa shape index (κ2) is 6.45. The Morgan fingerprint density at radius 3 is 2.67 bits per heavy atom. The summed E-state index contributed by atoms with van der Waals surface area (Å²) < 4.78 is 0. The minimum absolute atomic E-state index is 0.162. The molecule has 4 heteroatoms. The Balaban J connectivity index is 1.35. The van der Waals surface area contributed by atoms with Gasteiger partial charge in [0.25, 0.3) is 0 Å². The summed E-state index contributed by atoms with van der Waals surface area (Å²) in [7, 11) is 0. The number of nitrogens with zero attached hydrogens (tertiary/aromatic N) is 2. The second-order valence-corrected chi connectivity index (χ2v) is 11.2. The summed E-state index contributed by atoms with van der Waals surface area (Å²) in [5, 5.41) is 0.823. The SMILES string of the molecule is C[C@]12CCC(=O)N(C3CC3)C1=CC[C@@H]1[C@@H]2CC[C@]2(C)C(c3cnccc3Cl)=CC[C@@H]12. The molecule has 0 bridgehead atoms. The van der Waals surface area contributed by atoms with Gasteiger partial charge in [0, 0.05) is 41.5 Å². The van der Waals surface area contributed by atoms with Crippen molar-refractivity contribution in [2.24, 2.45) is 28.6 Å². The summed E-state index contributed by atoms with van der Waals surface area (Å²) in [6, 6.07) is 2.41. The van der Waals surface area contributed by atoms with Crippen molar-refractivity contribution in [2.75, 3.05) is 0 Å². The smallest absolute Gasteiger partial charge is 0.227 e. The predicted octanol–water partition coefficient (Wildman–Crippen LogP) is 6.25. The summed E-state index contributed by atoms with van der Waals surface area (Å²) in [4.78, 5) is 19.4. The summed E-state index contributed by atoms with van der Waals surface area (Å²) >= 11 is 6.59. The maximum Gasteiger partial charge on any atom is 0.227 e. The molecule has 1 aliphatic heterocycles. The number of carbonyl (C=O) groups excluding carboxylic acids is 1. The average Bonchev–Trinajstić information content (AvgIpc) is 3.50. The Kier molecular flexibility index (Phi) is 4.11. The molecule has 2 heterocycles. The number of halogens is 1. The third kappa shape index (κ3) is 2.51. The molecule has 3 fully saturated rings. The fourth-order valence-corrected chi connectivity index (χ4v) is 7.89. The molecule has 0 unspecified atom stereocenters. The van der Waals surface area contributed by atoms with E-state index in [-0.39, 0.29) is 10.8 Å². The van der Waals surface area contributed by atoms with E-state index >= 15 is 0 Å². The molecule has 0 N–H and O–H groups in total. The highest BCUT2D eigenvalue weighted by Gasteiger charge is 2.59. The van der Waals surface area contributed by atoms with Gasteiger partial charge >= 0.3 is 0 Å². The monoisotopic (exact) mass is 422 g/mol. The number of hydrogen-bond acceptors (Lipinski definition) is 2. The number of hydrogen-bond donors (Lipinski definition) is 0. The molecule has 1 saturated heterocycles. The molecule has 2 saturated carbocycles. The molecular formula is C26H31ClN2O. The standard InChI is InChI=1S/C26H31ClN2O/c1-25-12-9-21-17(19(25)6-7-20(25)18-15-28-14-11-22(18)27)5-8-23-26(21,2)13-10-24(30)29(23)16-3-4-16/h7-8,11,14-17,19,21H,3-6,9-10,12-13H2,1-2H3/t17-,19-,21-,25-,26+/m0/s1. The van der Waals surface area contributed by atoms with Crippen LogP contribution in [-0.2, 0) is 4.79 Å². The molecule has 30 heavy (non-hydrogen) atoms. The number of piperidine rings is 1. The van der Waals surface area contributed by atoms with Crippen LogP contribution in [0.25, 0.3) is 5.57 Å². The van der Waals surface area contributed by atoms with E-state index in [2.05, 4.69) is 35.9 Å². The van der Waals surface area contributed by atoms with Crippen molar-refractivity contribution in [3.05, 3.63) is 46.9 Å². The molecule has 4 aliphatic carbocycles. The maximum absolute atomic E-state index is 12.8. The van der Waals surface area contributed by atoms with Crippen molar-refractivity contribution in [1.29, 1.82) is 0 Å². The number of likely N-dealkylation sites (tertiary alicyclic amines) is 1. The van der Waals surface area contributed by atoms with Gasteiger partial charge in [-0.25, -0.2) is 0 Å². The van der Waals surface area contributed by atoms with E-state index in [0.29, 0.717) is 29.7 Å². The average molecular weight is 423 g/mol. The molecule has 1 amide bonds. The third-order valence-electron chi connectivity index (χ3n) is 9.36. The van der Waals surface area contributed by atoms with Crippen LogP contribution in [0.4, 0.5) is 0 Å². The zero-order valence-corrected chi connectivity index (χ0v) is 18.8. The highest BCUT2D eigenvalue weighted by molar-refractivity contribution is 6.32. The van der Waals surface area contributed by atoms with E-state index in [1.165, 1.54) is 37.0 Å². The zero-order valence-electron chi connectivity index (χ0n) is 18.0. The molecule has 5 aliphatic rings. The normalized spacial score (nSPS) is 40.3. The molecule has 1 aromatic heterocycles. The fourth-order valence-electron chi connectivity index (χ4n) is 7.68. The summed E-state index contributed by atoms with van der Waals surface area (Å²) in [5.41, 5.74) is 4.27. The van der Waals surface area contributed by atoms with Crippen molar-refractivity contribution >= 4 is 23.1 Å². The van der Waals surface area contributed by atoms with Crippen LogP contribution >= 0.6 is 11.6 Å². The van der Waals surface area contributed by atoms with Crippen LogP contribution in [0.5, 0.6) is 0 Å². The largest absolute Gasteiger partial charge is 0.313 e. The lowest BCUT2D eigenvalue weighted by atomic mass is 9.49. The molecule has 5 atom stereocenters. The lowest BCUT2D eigenvalue weighted by Crippen LogP contribution is -2.54. The highest BCUT2D eigenvalue weighted by Crippen LogP contribution is 2.66. The third-order valence-corrected chi connectivity index (χ3v) is 9.69. The van der Waals surface area contributed by atoms with Crippen molar-refractivity contribution in [1.82, 2.24) is 9.88 Å². The van der Waals surface area contributed by atoms with E-state index in [1.807, 2.05) is 12.3 Å². The Morgan fingerprint density at radius 1 is 1.07 bits per heavy atom. The number of rotatable bonds is 2. The summed E-state index contributed by atoms with van der Waals surface area (Å²) in [6.07, 6.45) is 17.5. The first kappa shape index (κ1) is 19.1. The first-order chi connectivity index (χ1) is 14.4. The van der Waals surface area contributed by atoms with Crippen LogP contribution in [0, 0.1) is 28.6 Å². The number of pyridine rings is 1. The van der Waals surface area contributed by atoms with E-state index < -0.39 is 0 Å². The van der Waals surface area contributed by atoms with Gasteiger partial charge in [0.2, 0.25) is 5.91 Å². The zero-order chi connectivity index (χ0) is 20.7. The molecule has 3 nitrogen and oxygen atoms in total. The van der Waals surface area contributed by atoms with Gasteiger partial charge in [0.15, 0.2) is 0 Å². The van der Waals surface area contributed by atoms with E-state index in [4.69, 9.17) is 11.6 Å². The van der Waals surface area contributed by atoms with Crippen molar-refractivity contribution in [3.8, 4) is 0 Å². The Morgan fingerprint density at radius 2 is 1.90 bits per heavy atom. The van der Waals surface area contributed by atoms with Crippen LogP contribution in [-0.4, -0.2) is 21.8 Å². The van der Waals surface area contributed by atoms with Crippen LogP contribution in [0.3, 0.4) is 0 Å². The van der Waals surface area contributed by atoms with E-state index in [9.17, 15) is 4.79 Å². The lowest BCUT2D eigenvalue weighted by molar-refractivity contribution is -0.137. The quantitative estimate of drug-likeness (QED) is 0.564. The number of fused-ring (bicyclic) bond motifs is 5. The molecule has 0 aromatic carbocycles. The molecular weight excluding hydrogens is 392 g/mol. The molecule has 6 rings (SSSR count). The first-order valence-electron chi connectivity index (χ1n) is 11.8. The van der Waals surface area contributed by atoms with Gasteiger partial charge in [0.05, 0.1) is 5.02 Å². The number of amides is 1. The Labute approximate surface area is 184 Å². The topological polar surface area (TPSA) is 33.2 Å². The van der Waals surface area contributed by atoms with Crippen molar-refractivity contribution in [2.45, 2.75) is 71.3 Å².